The number of halogens is 1. The van der Waals surface area contributed by atoms with Crippen LogP contribution < -0.4 is 10.2 Å². The molecular weight excluding hydrogens is 399 g/mol. The fourth-order valence-electron chi connectivity index (χ4n) is 3.00. The standard InChI is InChI=1S/C23H35FN2O3Si/c1-8-17-19(28-13-9-10-14-29-30(6,7)23(3,4)5)12-11-18(21(17)24)22-16(2)15-20(27)25-26-22/h8,11-12,16H,1,9-10,13-15H2,2-7H3,(H,25,27). The van der Waals surface area contributed by atoms with Crippen LogP contribution in [0.1, 0.15) is 58.1 Å². The first kappa shape index (κ1) is 24.3. The van der Waals surface area contributed by atoms with Gasteiger partial charge in [0, 0.05) is 24.5 Å². The van der Waals surface area contributed by atoms with Crippen molar-refractivity contribution in [1.29, 1.82) is 0 Å². The molecule has 0 radical (unpaired) electrons. The predicted octanol–water partition coefficient (Wildman–Crippen LogP) is 5.51. The molecule has 1 heterocycles. The van der Waals surface area contributed by atoms with E-state index in [9.17, 15) is 4.79 Å². The molecule has 1 N–H and O–H groups in total. The van der Waals surface area contributed by atoms with Crippen molar-refractivity contribution in [3.63, 3.8) is 0 Å². The summed E-state index contributed by atoms with van der Waals surface area (Å²) in [5.41, 5.74) is 3.65. The Hall–Kier alpha value is -1.99. The van der Waals surface area contributed by atoms with E-state index in [4.69, 9.17) is 9.16 Å². The monoisotopic (exact) mass is 434 g/mol. The van der Waals surface area contributed by atoms with Crippen molar-refractivity contribution in [2.24, 2.45) is 11.0 Å². The third-order valence-electron chi connectivity index (χ3n) is 5.94. The van der Waals surface area contributed by atoms with E-state index in [1.54, 1.807) is 12.1 Å². The number of ether oxygens (including phenoxy) is 1. The van der Waals surface area contributed by atoms with E-state index < -0.39 is 14.1 Å². The molecule has 1 aliphatic rings. The molecule has 1 unspecified atom stereocenters. The number of hydrogen-bond acceptors (Lipinski definition) is 4. The van der Waals surface area contributed by atoms with E-state index in [0.717, 1.165) is 12.8 Å². The number of carbonyl (C=O) groups excluding carboxylic acids is 1. The molecule has 30 heavy (non-hydrogen) atoms. The zero-order valence-corrected chi connectivity index (χ0v) is 20.1. The summed E-state index contributed by atoms with van der Waals surface area (Å²) in [6.45, 7) is 18.0. The molecule has 0 bridgehead atoms. The van der Waals surface area contributed by atoms with E-state index in [-0.39, 0.29) is 23.3 Å². The number of nitrogens with zero attached hydrogens (tertiary/aromatic N) is 1. The summed E-state index contributed by atoms with van der Waals surface area (Å²) in [5, 5.41) is 4.25. The van der Waals surface area contributed by atoms with Gasteiger partial charge in [-0.1, -0.05) is 40.3 Å². The first-order valence-electron chi connectivity index (χ1n) is 10.6. The topological polar surface area (TPSA) is 59.9 Å². The Morgan fingerprint density at radius 3 is 2.57 bits per heavy atom. The molecule has 0 fully saturated rings. The lowest BCUT2D eigenvalue weighted by Gasteiger charge is -2.36. The van der Waals surface area contributed by atoms with Gasteiger partial charge in [0.25, 0.3) is 0 Å². The molecule has 0 aromatic heterocycles. The number of unbranched alkanes of at least 4 members (excludes halogenated alkanes) is 1. The van der Waals surface area contributed by atoms with Crippen LogP contribution >= 0.6 is 0 Å². The minimum absolute atomic E-state index is 0.154. The summed E-state index contributed by atoms with van der Waals surface area (Å²) in [5.74, 6) is -0.276. The molecule has 166 valence electrons. The van der Waals surface area contributed by atoms with Crippen molar-refractivity contribution in [1.82, 2.24) is 5.43 Å². The van der Waals surface area contributed by atoms with Crippen LogP contribution in [0.15, 0.2) is 23.8 Å². The summed E-state index contributed by atoms with van der Waals surface area (Å²) < 4.78 is 27.1. The molecule has 1 aliphatic heterocycles. The predicted molar refractivity (Wildman–Crippen MR) is 123 cm³/mol. The number of rotatable bonds is 9. The largest absolute Gasteiger partial charge is 0.493 e. The van der Waals surface area contributed by atoms with E-state index in [1.807, 2.05) is 6.92 Å². The lowest BCUT2D eigenvalue weighted by molar-refractivity contribution is -0.121. The summed E-state index contributed by atoms with van der Waals surface area (Å²) in [6.07, 6.45) is 3.47. The smallest absolute Gasteiger partial charge is 0.240 e. The van der Waals surface area contributed by atoms with Gasteiger partial charge in [0.2, 0.25) is 5.91 Å². The Labute approximate surface area is 180 Å². The molecule has 0 saturated heterocycles. The van der Waals surface area contributed by atoms with Crippen molar-refractivity contribution >= 4 is 26.0 Å². The fourth-order valence-corrected chi connectivity index (χ4v) is 4.09. The molecule has 0 aliphatic carbocycles. The Kier molecular flexibility index (Phi) is 7.99. The fraction of sp³-hybridized carbons (Fsp3) is 0.565. The lowest BCUT2D eigenvalue weighted by Crippen LogP contribution is -2.41. The third-order valence-corrected chi connectivity index (χ3v) is 10.5. The molecule has 1 amide bonds. The van der Waals surface area contributed by atoms with Gasteiger partial charge in [-0.05, 0) is 43.1 Å². The summed E-state index contributed by atoms with van der Waals surface area (Å²) in [6, 6.07) is 3.40. The van der Waals surface area contributed by atoms with Gasteiger partial charge in [-0.3, -0.25) is 4.79 Å². The van der Waals surface area contributed by atoms with Gasteiger partial charge in [0.15, 0.2) is 8.32 Å². The van der Waals surface area contributed by atoms with Crippen LogP contribution in [-0.4, -0.2) is 33.2 Å². The van der Waals surface area contributed by atoms with Crippen LogP contribution in [0, 0.1) is 11.7 Å². The Morgan fingerprint density at radius 2 is 1.97 bits per heavy atom. The molecule has 0 saturated carbocycles. The highest BCUT2D eigenvalue weighted by molar-refractivity contribution is 6.74. The van der Waals surface area contributed by atoms with Crippen LogP contribution in [0.25, 0.3) is 6.08 Å². The van der Waals surface area contributed by atoms with Gasteiger partial charge in [0.1, 0.15) is 11.6 Å². The van der Waals surface area contributed by atoms with Crippen LogP contribution in [0.4, 0.5) is 4.39 Å². The molecule has 5 nitrogen and oxygen atoms in total. The molecule has 2 rings (SSSR count). The van der Waals surface area contributed by atoms with Crippen LogP contribution in [0.2, 0.25) is 18.1 Å². The number of hydrogen-bond donors (Lipinski definition) is 1. The first-order valence-corrected chi connectivity index (χ1v) is 13.5. The zero-order valence-electron chi connectivity index (χ0n) is 19.1. The van der Waals surface area contributed by atoms with Gasteiger partial charge >= 0.3 is 0 Å². The Morgan fingerprint density at radius 1 is 1.30 bits per heavy atom. The number of nitrogens with one attached hydrogen (secondary N) is 1. The summed E-state index contributed by atoms with van der Waals surface area (Å²) >= 11 is 0. The molecular formula is C23H35FN2O3Si. The van der Waals surface area contributed by atoms with Crippen LogP contribution in [-0.2, 0) is 9.22 Å². The van der Waals surface area contributed by atoms with Crippen molar-refractivity contribution in [3.8, 4) is 5.75 Å². The second-order valence-corrected chi connectivity index (χ2v) is 14.2. The number of amides is 1. The van der Waals surface area contributed by atoms with Gasteiger partial charge in [-0.15, -0.1) is 0 Å². The molecule has 7 heteroatoms. The second-order valence-electron chi connectivity index (χ2n) is 9.34. The van der Waals surface area contributed by atoms with E-state index >= 15 is 4.39 Å². The average molecular weight is 435 g/mol. The van der Waals surface area contributed by atoms with Crippen molar-refractivity contribution in [2.45, 2.75) is 65.1 Å². The number of benzene rings is 1. The minimum atomic E-state index is -1.73. The molecule has 0 spiro atoms. The van der Waals surface area contributed by atoms with Gasteiger partial charge in [-0.25, -0.2) is 9.82 Å². The van der Waals surface area contributed by atoms with Gasteiger partial charge < -0.3 is 9.16 Å². The highest BCUT2D eigenvalue weighted by Gasteiger charge is 2.36. The maximum atomic E-state index is 15.1. The molecule has 1 aromatic rings. The summed E-state index contributed by atoms with van der Waals surface area (Å²) in [4.78, 5) is 11.5. The number of carbonyl (C=O) groups is 1. The average Bonchev–Trinajstić information content (AvgIpc) is 2.64. The summed E-state index contributed by atoms with van der Waals surface area (Å²) in [7, 11) is -1.73. The maximum absolute atomic E-state index is 15.1. The first-order chi connectivity index (χ1) is 14.0. The normalized spacial score (nSPS) is 17.4. The van der Waals surface area contributed by atoms with Crippen LogP contribution in [0.3, 0.4) is 0 Å². The minimum Gasteiger partial charge on any atom is -0.493 e. The van der Waals surface area contributed by atoms with E-state index in [2.05, 4.69) is 51.0 Å². The van der Waals surface area contributed by atoms with Crippen LogP contribution in [0.5, 0.6) is 5.75 Å². The zero-order chi connectivity index (χ0) is 22.5. The maximum Gasteiger partial charge on any atom is 0.240 e. The third kappa shape index (κ3) is 5.79. The van der Waals surface area contributed by atoms with Crippen molar-refractivity contribution < 1.29 is 18.3 Å². The SMILES string of the molecule is C=Cc1c(OCCCCO[Si](C)(C)C(C)(C)C)ccc(C2=NNC(=O)CC2C)c1F. The Balaban J connectivity index is 1.95. The quantitative estimate of drug-likeness (QED) is 0.412. The molecule has 1 aromatic carbocycles. The number of hydrazone groups is 1. The van der Waals surface area contributed by atoms with Crippen molar-refractivity contribution in [3.05, 3.63) is 35.7 Å². The van der Waals surface area contributed by atoms with Gasteiger partial charge in [0.05, 0.1) is 17.9 Å². The van der Waals surface area contributed by atoms with Crippen molar-refractivity contribution in [2.75, 3.05) is 13.2 Å². The van der Waals surface area contributed by atoms with E-state index in [1.165, 1.54) is 6.08 Å². The van der Waals surface area contributed by atoms with Gasteiger partial charge in [-0.2, -0.15) is 5.10 Å². The highest BCUT2D eigenvalue weighted by atomic mass is 28.4. The molecule has 1 atom stereocenters. The second kappa shape index (κ2) is 9.88. The lowest BCUT2D eigenvalue weighted by atomic mass is 9.92. The highest BCUT2D eigenvalue weighted by Crippen LogP contribution is 2.36. The Bertz CT molecular complexity index is 815. The van der Waals surface area contributed by atoms with E-state index in [0.29, 0.717) is 35.8 Å².